The molecule has 0 fully saturated rings. The van der Waals surface area contributed by atoms with Crippen molar-refractivity contribution >= 4 is 27.5 Å². The quantitative estimate of drug-likeness (QED) is 0.696. The van der Waals surface area contributed by atoms with Gasteiger partial charge >= 0.3 is 0 Å². The normalized spacial score (nSPS) is 11.8. The minimum atomic E-state index is 0.176. The van der Waals surface area contributed by atoms with Gasteiger partial charge in [-0.05, 0) is 29.5 Å². The number of benzene rings is 1. The largest absolute Gasteiger partial charge is 0.0919 e. The lowest BCUT2D eigenvalue weighted by Crippen LogP contribution is -2.18. The Hall–Kier alpha value is -0.0100. The van der Waals surface area contributed by atoms with Crippen molar-refractivity contribution < 1.29 is 0 Å². The number of hydrogen-bond acceptors (Lipinski definition) is 0. The third-order valence-electron chi connectivity index (χ3n) is 2.27. The summed E-state index contributed by atoms with van der Waals surface area (Å²) in [5, 5.41) is 1.80. The van der Waals surface area contributed by atoms with Crippen molar-refractivity contribution in [3.63, 3.8) is 0 Å². The molecule has 0 N–H and O–H groups in total. The van der Waals surface area contributed by atoms with Crippen LogP contribution in [0.2, 0.25) is 5.02 Å². The summed E-state index contributed by atoms with van der Waals surface area (Å²) < 4.78 is 0. The van der Waals surface area contributed by atoms with Gasteiger partial charge in [0, 0.05) is 10.4 Å². The molecule has 0 amide bonds. The van der Waals surface area contributed by atoms with Gasteiger partial charge in [0.25, 0.3) is 0 Å². The molecule has 0 saturated carbocycles. The first-order valence-electron chi connectivity index (χ1n) is 4.30. The maximum absolute atomic E-state index is 5.96. The van der Waals surface area contributed by atoms with Crippen LogP contribution in [0.1, 0.15) is 25.0 Å². The predicted octanol–water partition coefficient (Wildman–Crippen LogP) is 4.32. The van der Waals surface area contributed by atoms with Crippen LogP contribution < -0.4 is 0 Å². The van der Waals surface area contributed by atoms with Gasteiger partial charge in [-0.2, -0.15) is 0 Å². The van der Waals surface area contributed by atoms with Crippen LogP contribution in [0.5, 0.6) is 0 Å². The van der Waals surface area contributed by atoms with E-state index in [0.717, 1.165) is 15.9 Å². The van der Waals surface area contributed by atoms with Gasteiger partial charge in [-0.25, -0.2) is 0 Å². The Kier molecular flexibility index (Phi) is 3.42. The monoisotopic (exact) mass is 260 g/mol. The average Bonchev–Trinajstić information content (AvgIpc) is 2.09. The highest BCUT2D eigenvalue weighted by atomic mass is 79.9. The molecule has 0 unspecified atom stereocenters. The fourth-order valence-corrected chi connectivity index (χ4v) is 1.58. The van der Waals surface area contributed by atoms with Crippen LogP contribution in [0.25, 0.3) is 0 Å². The van der Waals surface area contributed by atoms with Gasteiger partial charge in [-0.3, -0.25) is 0 Å². The Morgan fingerprint density at radius 2 is 2.00 bits per heavy atom. The molecule has 1 aromatic rings. The second-order valence-electron chi connectivity index (χ2n) is 3.98. The van der Waals surface area contributed by atoms with Gasteiger partial charge in [0.15, 0.2) is 0 Å². The molecule has 1 aromatic carbocycles. The third-order valence-corrected chi connectivity index (χ3v) is 4.10. The molecule has 0 nitrogen and oxygen atoms in total. The lowest BCUT2D eigenvalue weighted by molar-refractivity contribution is 0.606. The first-order chi connectivity index (χ1) is 5.97. The lowest BCUT2D eigenvalue weighted by atomic mass is 9.86. The van der Waals surface area contributed by atoms with Crippen LogP contribution >= 0.6 is 27.5 Å². The third kappa shape index (κ3) is 2.47. The van der Waals surface area contributed by atoms with Crippen LogP contribution in [-0.2, 0) is 5.41 Å². The van der Waals surface area contributed by atoms with E-state index in [1.807, 2.05) is 13.0 Å². The average molecular weight is 262 g/mol. The predicted molar refractivity (Wildman–Crippen MR) is 63.0 cm³/mol. The zero-order valence-electron chi connectivity index (χ0n) is 8.20. The number of hydrogen-bond donors (Lipinski definition) is 0. The van der Waals surface area contributed by atoms with Crippen LogP contribution in [0.3, 0.4) is 0 Å². The van der Waals surface area contributed by atoms with Crippen molar-refractivity contribution in [3.05, 3.63) is 34.3 Å². The standard InChI is InChI=1S/C11H14BrCl/c1-8-6-9(4-5-10(8)13)11(2,3)7-12/h4-6H,7H2,1-3H3. The van der Waals surface area contributed by atoms with E-state index in [1.54, 1.807) is 0 Å². The van der Waals surface area contributed by atoms with Gasteiger partial charge in [0.05, 0.1) is 0 Å². The molecule has 0 aliphatic rings. The first kappa shape index (κ1) is 11.1. The molecule has 2 heteroatoms. The minimum absolute atomic E-state index is 0.176. The molecule has 13 heavy (non-hydrogen) atoms. The van der Waals surface area contributed by atoms with E-state index in [0.29, 0.717) is 0 Å². The summed E-state index contributed by atoms with van der Waals surface area (Å²) in [7, 11) is 0. The summed E-state index contributed by atoms with van der Waals surface area (Å²) in [6, 6.07) is 6.22. The summed E-state index contributed by atoms with van der Waals surface area (Å²) in [6.07, 6.45) is 0. The Morgan fingerprint density at radius 3 is 2.46 bits per heavy atom. The number of aryl methyl sites for hydroxylation is 1. The van der Waals surface area contributed by atoms with Crippen molar-refractivity contribution in [2.24, 2.45) is 0 Å². The van der Waals surface area contributed by atoms with Gasteiger partial charge in [0.1, 0.15) is 0 Å². The van der Waals surface area contributed by atoms with Crippen molar-refractivity contribution in [1.82, 2.24) is 0 Å². The number of halogens is 2. The molecule has 0 aliphatic heterocycles. The molecule has 0 aliphatic carbocycles. The molecular weight excluding hydrogens is 247 g/mol. The van der Waals surface area contributed by atoms with E-state index in [4.69, 9.17) is 11.6 Å². The van der Waals surface area contributed by atoms with Gasteiger partial charge < -0.3 is 0 Å². The highest BCUT2D eigenvalue weighted by molar-refractivity contribution is 9.09. The summed E-state index contributed by atoms with van der Waals surface area (Å²) in [6.45, 7) is 6.46. The maximum atomic E-state index is 5.96. The van der Waals surface area contributed by atoms with Crippen LogP contribution in [0.4, 0.5) is 0 Å². The van der Waals surface area contributed by atoms with E-state index in [9.17, 15) is 0 Å². The van der Waals surface area contributed by atoms with Gasteiger partial charge in [0.2, 0.25) is 0 Å². The van der Waals surface area contributed by atoms with Gasteiger partial charge in [-0.1, -0.05) is 53.5 Å². The van der Waals surface area contributed by atoms with E-state index in [1.165, 1.54) is 5.56 Å². The van der Waals surface area contributed by atoms with Crippen LogP contribution in [-0.4, -0.2) is 5.33 Å². The summed E-state index contributed by atoms with van der Waals surface area (Å²) in [5.41, 5.74) is 2.65. The Morgan fingerprint density at radius 1 is 1.38 bits per heavy atom. The second-order valence-corrected chi connectivity index (χ2v) is 4.95. The number of rotatable bonds is 2. The Bertz CT molecular complexity index is 305. The first-order valence-corrected chi connectivity index (χ1v) is 5.80. The van der Waals surface area contributed by atoms with Crippen molar-refractivity contribution in [3.8, 4) is 0 Å². The highest BCUT2D eigenvalue weighted by Crippen LogP contribution is 2.28. The number of alkyl halides is 1. The minimum Gasteiger partial charge on any atom is -0.0919 e. The zero-order chi connectivity index (χ0) is 10.1. The van der Waals surface area contributed by atoms with Crippen molar-refractivity contribution in [1.29, 1.82) is 0 Å². The molecule has 0 saturated heterocycles. The molecule has 0 radical (unpaired) electrons. The highest BCUT2D eigenvalue weighted by Gasteiger charge is 2.18. The summed E-state index contributed by atoms with van der Waals surface area (Å²) >= 11 is 9.48. The summed E-state index contributed by atoms with van der Waals surface area (Å²) in [5.74, 6) is 0. The zero-order valence-corrected chi connectivity index (χ0v) is 10.5. The van der Waals surface area contributed by atoms with Crippen LogP contribution in [0.15, 0.2) is 18.2 Å². The molecule has 0 aromatic heterocycles. The van der Waals surface area contributed by atoms with Gasteiger partial charge in [-0.15, -0.1) is 0 Å². The Balaban J connectivity index is 3.10. The molecule has 1 rings (SSSR count). The molecular formula is C11H14BrCl. The lowest BCUT2D eigenvalue weighted by Gasteiger charge is -2.22. The fourth-order valence-electron chi connectivity index (χ4n) is 1.14. The molecule has 0 heterocycles. The fraction of sp³-hybridized carbons (Fsp3) is 0.455. The molecule has 0 bridgehead atoms. The van der Waals surface area contributed by atoms with E-state index in [2.05, 4.69) is 41.9 Å². The molecule has 0 spiro atoms. The molecule has 0 atom stereocenters. The van der Waals surface area contributed by atoms with Crippen molar-refractivity contribution in [2.45, 2.75) is 26.2 Å². The smallest absolute Gasteiger partial charge is 0.0435 e. The second kappa shape index (κ2) is 4.02. The van der Waals surface area contributed by atoms with E-state index >= 15 is 0 Å². The van der Waals surface area contributed by atoms with Crippen LogP contribution in [0, 0.1) is 6.92 Å². The van der Waals surface area contributed by atoms with Crippen molar-refractivity contribution in [2.75, 3.05) is 5.33 Å². The Labute approximate surface area is 93.4 Å². The topological polar surface area (TPSA) is 0 Å². The van der Waals surface area contributed by atoms with E-state index in [-0.39, 0.29) is 5.41 Å². The molecule has 72 valence electrons. The maximum Gasteiger partial charge on any atom is 0.0435 e. The van der Waals surface area contributed by atoms with E-state index < -0.39 is 0 Å². The SMILES string of the molecule is Cc1cc(C(C)(C)CBr)ccc1Cl. The summed E-state index contributed by atoms with van der Waals surface area (Å²) in [4.78, 5) is 0.